The zero-order valence-corrected chi connectivity index (χ0v) is 15.5. The molecule has 142 valence electrons. The van der Waals surface area contributed by atoms with Crippen molar-refractivity contribution in [2.24, 2.45) is 0 Å². The molecule has 2 aliphatic rings. The molecule has 0 radical (unpaired) electrons. The third kappa shape index (κ3) is 3.43. The van der Waals surface area contributed by atoms with Crippen molar-refractivity contribution in [1.82, 2.24) is 4.90 Å². The summed E-state index contributed by atoms with van der Waals surface area (Å²) in [4.78, 5) is 29.5. The van der Waals surface area contributed by atoms with Gasteiger partial charge in [0.25, 0.3) is 5.91 Å². The molecule has 7 nitrogen and oxygen atoms in total. The van der Waals surface area contributed by atoms with Crippen LogP contribution >= 0.6 is 11.3 Å². The first-order chi connectivity index (χ1) is 13.2. The highest BCUT2D eigenvalue weighted by Gasteiger charge is 2.45. The molecule has 4 rings (SSSR count). The van der Waals surface area contributed by atoms with E-state index in [2.05, 4.69) is 0 Å². The van der Waals surface area contributed by atoms with Crippen LogP contribution in [0.5, 0.6) is 0 Å². The molecule has 1 saturated heterocycles. The molecule has 2 aromatic rings. The number of aliphatic hydroxyl groups excluding tert-OH is 1. The number of ether oxygens (including phenoxy) is 1. The number of hydrogen-bond acceptors (Lipinski definition) is 6. The first-order valence-corrected chi connectivity index (χ1v) is 9.82. The maximum atomic E-state index is 12.9. The molecular formula is C19H21N2O5S+. The Morgan fingerprint density at radius 3 is 2.78 bits per heavy atom. The largest absolute Gasteiger partial charge is 0.503 e. The molecule has 1 amide bonds. The average Bonchev–Trinajstić information content (AvgIpc) is 3.43. The van der Waals surface area contributed by atoms with Crippen LogP contribution in [-0.4, -0.2) is 61.1 Å². The molecule has 1 fully saturated rings. The minimum atomic E-state index is -0.587. The Kier molecular flexibility index (Phi) is 5.11. The van der Waals surface area contributed by atoms with E-state index in [9.17, 15) is 14.7 Å². The maximum Gasteiger partial charge on any atom is 0.290 e. The lowest BCUT2D eigenvalue weighted by Gasteiger charge is -2.29. The molecule has 1 atom stereocenters. The summed E-state index contributed by atoms with van der Waals surface area (Å²) in [6.45, 7) is 4.40. The van der Waals surface area contributed by atoms with E-state index in [0.29, 0.717) is 19.8 Å². The van der Waals surface area contributed by atoms with Crippen molar-refractivity contribution in [3.8, 4) is 0 Å². The molecule has 0 aromatic carbocycles. The SMILES string of the molecule is O=C(C1=C(O)C(=O)N(CC[NH+]2CCOCC2)[C@H]1c1cccs1)c1ccco1. The highest BCUT2D eigenvalue weighted by Crippen LogP contribution is 2.40. The van der Waals surface area contributed by atoms with Gasteiger partial charge in [-0.25, -0.2) is 0 Å². The summed E-state index contributed by atoms with van der Waals surface area (Å²) in [6.07, 6.45) is 1.40. The standard InChI is InChI=1S/C19H20N2O5S/c22-17(13-3-1-9-26-13)15-16(14-4-2-12-27-14)21(19(24)18(15)23)6-5-20-7-10-25-11-8-20/h1-4,9,12,16,23H,5-8,10-11H2/p+1/t16-/m0/s1. The van der Waals surface area contributed by atoms with Crippen LogP contribution in [0.1, 0.15) is 21.5 Å². The average molecular weight is 389 g/mol. The van der Waals surface area contributed by atoms with Gasteiger partial charge in [0.05, 0.1) is 44.2 Å². The lowest BCUT2D eigenvalue weighted by molar-refractivity contribution is -0.907. The van der Waals surface area contributed by atoms with Crippen molar-refractivity contribution in [2.75, 3.05) is 39.4 Å². The molecular weight excluding hydrogens is 368 g/mol. The van der Waals surface area contributed by atoms with Crippen LogP contribution in [0.15, 0.2) is 51.7 Å². The van der Waals surface area contributed by atoms with Gasteiger partial charge in [0.1, 0.15) is 13.1 Å². The predicted octanol–water partition coefficient (Wildman–Crippen LogP) is 0.835. The van der Waals surface area contributed by atoms with Gasteiger partial charge in [-0.05, 0) is 23.6 Å². The van der Waals surface area contributed by atoms with E-state index in [1.165, 1.54) is 22.5 Å². The lowest BCUT2D eigenvalue weighted by Crippen LogP contribution is -3.14. The molecule has 27 heavy (non-hydrogen) atoms. The van der Waals surface area contributed by atoms with Crippen molar-refractivity contribution in [3.05, 3.63) is 57.9 Å². The summed E-state index contributed by atoms with van der Waals surface area (Å²) < 4.78 is 10.6. The molecule has 0 bridgehead atoms. The van der Waals surface area contributed by atoms with E-state index in [4.69, 9.17) is 9.15 Å². The number of thiophene rings is 1. The first-order valence-electron chi connectivity index (χ1n) is 8.94. The van der Waals surface area contributed by atoms with E-state index in [1.54, 1.807) is 17.0 Å². The number of morpholine rings is 1. The molecule has 2 aliphatic heterocycles. The van der Waals surface area contributed by atoms with Crippen LogP contribution in [0.25, 0.3) is 0 Å². The summed E-state index contributed by atoms with van der Waals surface area (Å²) in [5.41, 5.74) is 0.0920. The number of furan rings is 1. The van der Waals surface area contributed by atoms with Gasteiger partial charge in [-0.3, -0.25) is 9.59 Å². The normalized spacial score (nSPS) is 21.3. The van der Waals surface area contributed by atoms with E-state index in [0.717, 1.165) is 24.5 Å². The number of carbonyl (C=O) groups is 2. The third-order valence-electron chi connectivity index (χ3n) is 5.01. The Balaban J connectivity index is 1.62. The quantitative estimate of drug-likeness (QED) is 0.715. The van der Waals surface area contributed by atoms with Gasteiger partial charge in [0.2, 0.25) is 5.78 Å². The molecule has 8 heteroatoms. The Hall–Kier alpha value is -2.42. The smallest absolute Gasteiger partial charge is 0.290 e. The van der Waals surface area contributed by atoms with Gasteiger partial charge in [-0.2, -0.15) is 0 Å². The zero-order chi connectivity index (χ0) is 18.8. The fourth-order valence-electron chi connectivity index (χ4n) is 3.59. The molecule has 0 saturated carbocycles. The van der Waals surface area contributed by atoms with E-state index in [-0.39, 0.29) is 11.3 Å². The third-order valence-corrected chi connectivity index (χ3v) is 5.94. The number of nitrogens with one attached hydrogen (secondary N) is 1. The molecule has 2 aromatic heterocycles. The molecule has 0 spiro atoms. The summed E-state index contributed by atoms with van der Waals surface area (Å²) in [5.74, 6) is -1.32. The highest BCUT2D eigenvalue weighted by atomic mass is 32.1. The number of aliphatic hydroxyl groups is 1. The zero-order valence-electron chi connectivity index (χ0n) is 14.7. The highest BCUT2D eigenvalue weighted by molar-refractivity contribution is 7.10. The van der Waals surface area contributed by atoms with Crippen molar-refractivity contribution in [1.29, 1.82) is 0 Å². The lowest BCUT2D eigenvalue weighted by atomic mass is 10.0. The molecule has 0 aliphatic carbocycles. The fraction of sp³-hybridized carbons (Fsp3) is 0.368. The van der Waals surface area contributed by atoms with Crippen molar-refractivity contribution < 1.29 is 28.7 Å². The van der Waals surface area contributed by atoms with E-state index in [1.807, 2.05) is 17.5 Å². The van der Waals surface area contributed by atoms with Crippen molar-refractivity contribution >= 4 is 23.0 Å². The number of quaternary nitrogens is 1. The number of nitrogens with zero attached hydrogens (tertiary/aromatic N) is 1. The Morgan fingerprint density at radius 1 is 1.30 bits per heavy atom. The Morgan fingerprint density at radius 2 is 2.11 bits per heavy atom. The van der Waals surface area contributed by atoms with Crippen molar-refractivity contribution in [2.45, 2.75) is 6.04 Å². The first kappa shape index (κ1) is 18.0. The van der Waals surface area contributed by atoms with Crippen molar-refractivity contribution in [3.63, 3.8) is 0 Å². The van der Waals surface area contributed by atoms with Crippen LogP contribution < -0.4 is 4.90 Å². The van der Waals surface area contributed by atoms with Gasteiger partial charge >= 0.3 is 0 Å². The summed E-state index contributed by atoms with van der Waals surface area (Å²) >= 11 is 1.46. The van der Waals surface area contributed by atoms with E-state index < -0.39 is 23.5 Å². The van der Waals surface area contributed by atoms with Gasteiger partial charge in [-0.15, -0.1) is 11.3 Å². The van der Waals surface area contributed by atoms with Gasteiger partial charge in [0.15, 0.2) is 11.5 Å². The van der Waals surface area contributed by atoms with Crippen LogP contribution in [0.4, 0.5) is 0 Å². The van der Waals surface area contributed by atoms with Crippen LogP contribution in [0.3, 0.4) is 0 Å². The van der Waals surface area contributed by atoms with Crippen LogP contribution in [0, 0.1) is 0 Å². The number of carbonyl (C=O) groups excluding carboxylic acids is 2. The van der Waals surface area contributed by atoms with Gasteiger partial charge in [-0.1, -0.05) is 6.07 Å². The number of amides is 1. The van der Waals surface area contributed by atoms with Gasteiger partial charge in [0, 0.05) is 4.88 Å². The molecule has 4 heterocycles. The Bertz CT molecular complexity index is 838. The van der Waals surface area contributed by atoms with Gasteiger partial charge < -0.3 is 24.1 Å². The minimum absolute atomic E-state index is 0.0920. The predicted molar refractivity (Wildman–Crippen MR) is 97.8 cm³/mol. The maximum absolute atomic E-state index is 12.9. The second-order valence-corrected chi connectivity index (χ2v) is 7.58. The molecule has 2 N–H and O–H groups in total. The monoisotopic (exact) mass is 389 g/mol. The number of Topliss-reactive ketones (excluding diaryl/α,β-unsaturated/α-hetero) is 1. The summed E-state index contributed by atoms with van der Waals surface area (Å²) in [7, 11) is 0. The summed E-state index contributed by atoms with van der Waals surface area (Å²) in [6, 6.07) is 6.32. The second kappa shape index (κ2) is 7.67. The Labute approximate surface area is 160 Å². The molecule has 0 unspecified atom stereocenters. The topological polar surface area (TPSA) is 84.4 Å². The minimum Gasteiger partial charge on any atom is -0.503 e. The van der Waals surface area contributed by atoms with Crippen LogP contribution in [-0.2, 0) is 9.53 Å². The number of ketones is 1. The van der Waals surface area contributed by atoms with Crippen LogP contribution in [0.2, 0.25) is 0 Å². The summed E-state index contributed by atoms with van der Waals surface area (Å²) in [5, 5.41) is 12.4. The fourth-order valence-corrected chi connectivity index (χ4v) is 4.43. The number of hydrogen-bond donors (Lipinski definition) is 2. The van der Waals surface area contributed by atoms with E-state index >= 15 is 0 Å². The second-order valence-electron chi connectivity index (χ2n) is 6.60. The number of rotatable bonds is 6.